The minimum Gasteiger partial charge on any atom is -0.461 e. The van der Waals surface area contributed by atoms with Crippen LogP contribution in [0.4, 0.5) is 5.69 Å². The first-order valence-electron chi connectivity index (χ1n) is 4.85. The summed E-state index contributed by atoms with van der Waals surface area (Å²) in [7, 11) is 0. The molecule has 0 saturated heterocycles. The van der Waals surface area contributed by atoms with Gasteiger partial charge in [-0.15, -0.1) is 0 Å². The van der Waals surface area contributed by atoms with E-state index < -0.39 is 0 Å². The first kappa shape index (κ1) is 10.1. The van der Waals surface area contributed by atoms with Crippen LogP contribution in [0, 0.1) is 0 Å². The monoisotopic (exact) mass is 221 g/mol. The average molecular weight is 222 g/mol. The summed E-state index contributed by atoms with van der Waals surface area (Å²) >= 11 is 5.91. The summed E-state index contributed by atoms with van der Waals surface area (Å²) in [6.45, 7) is 2.05. The summed E-state index contributed by atoms with van der Waals surface area (Å²) < 4.78 is 5.62. The molecule has 2 aromatic rings. The fraction of sp³-hybridized carbons (Fsp3) is 0.167. The van der Waals surface area contributed by atoms with Gasteiger partial charge in [-0.25, -0.2) is 0 Å². The number of anilines is 1. The maximum Gasteiger partial charge on any atom is 0.136 e. The van der Waals surface area contributed by atoms with Crippen LogP contribution in [0.3, 0.4) is 0 Å². The zero-order chi connectivity index (χ0) is 10.8. The maximum atomic E-state index is 5.91. The summed E-state index contributed by atoms with van der Waals surface area (Å²) in [5, 5.41) is 0.661. The Balaban J connectivity index is 2.48. The average Bonchev–Trinajstić information content (AvgIpc) is 2.70. The van der Waals surface area contributed by atoms with E-state index in [9.17, 15) is 0 Å². The van der Waals surface area contributed by atoms with E-state index >= 15 is 0 Å². The molecule has 2 rings (SSSR count). The van der Waals surface area contributed by atoms with Crippen LogP contribution in [0.25, 0.3) is 11.3 Å². The number of hydrogen-bond acceptors (Lipinski definition) is 2. The quantitative estimate of drug-likeness (QED) is 0.785. The van der Waals surface area contributed by atoms with Crippen molar-refractivity contribution in [2.24, 2.45) is 0 Å². The van der Waals surface area contributed by atoms with Crippen LogP contribution < -0.4 is 5.73 Å². The smallest absolute Gasteiger partial charge is 0.136 e. The predicted octanol–water partition coefficient (Wildman–Crippen LogP) is 3.74. The third-order valence-electron chi connectivity index (χ3n) is 2.29. The van der Waals surface area contributed by atoms with Gasteiger partial charge >= 0.3 is 0 Å². The largest absolute Gasteiger partial charge is 0.461 e. The van der Waals surface area contributed by atoms with Crippen LogP contribution in [-0.4, -0.2) is 0 Å². The third kappa shape index (κ3) is 2.00. The number of aryl methyl sites for hydroxylation is 1. The number of benzene rings is 1. The Morgan fingerprint density at radius 1 is 1.27 bits per heavy atom. The van der Waals surface area contributed by atoms with E-state index in [2.05, 4.69) is 0 Å². The fourth-order valence-corrected chi connectivity index (χ4v) is 1.63. The van der Waals surface area contributed by atoms with Crippen molar-refractivity contribution in [3.05, 3.63) is 41.1 Å². The highest BCUT2D eigenvalue weighted by Gasteiger charge is 2.07. The second-order valence-corrected chi connectivity index (χ2v) is 3.79. The molecule has 1 heterocycles. The Hall–Kier alpha value is -1.41. The molecule has 1 aromatic carbocycles. The number of furan rings is 1. The Kier molecular flexibility index (Phi) is 2.69. The molecule has 0 amide bonds. The molecule has 3 heteroatoms. The molecule has 0 fully saturated rings. The van der Waals surface area contributed by atoms with Crippen LogP contribution in [-0.2, 0) is 6.42 Å². The van der Waals surface area contributed by atoms with Gasteiger partial charge in [-0.05, 0) is 30.3 Å². The van der Waals surface area contributed by atoms with E-state index in [-0.39, 0.29) is 0 Å². The highest BCUT2D eigenvalue weighted by Crippen LogP contribution is 2.30. The molecule has 2 nitrogen and oxygen atoms in total. The predicted molar refractivity (Wildman–Crippen MR) is 62.9 cm³/mol. The van der Waals surface area contributed by atoms with Crippen molar-refractivity contribution < 1.29 is 4.42 Å². The van der Waals surface area contributed by atoms with E-state index in [0.717, 1.165) is 23.5 Å². The van der Waals surface area contributed by atoms with E-state index in [4.69, 9.17) is 21.8 Å². The molecule has 0 bridgehead atoms. The SMILES string of the molecule is CCc1ccc(-c2cc(Cl)ccc2N)o1. The minimum absolute atomic E-state index is 0.661. The molecule has 0 radical (unpaired) electrons. The zero-order valence-electron chi connectivity index (χ0n) is 8.46. The molecular weight excluding hydrogens is 210 g/mol. The van der Waals surface area contributed by atoms with E-state index in [1.54, 1.807) is 12.1 Å². The van der Waals surface area contributed by atoms with Crippen LogP contribution in [0.1, 0.15) is 12.7 Å². The first-order valence-corrected chi connectivity index (χ1v) is 5.22. The lowest BCUT2D eigenvalue weighted by molar-refractivity contribution is 0.529. The molecule has 0 unspecified atom stereocenters. The minimum atomic E-state index is 0.661. The second kappa shape index (κ2) is 3.99. The van der Waals surface area contributed by atoms with Crippen LogP contribution >= 0.6 is 11.6 Å². The highest BCUT2D eigenvalue weighted by atomic mass is 35.5. The number of halogens is 1. The van der Waals surface area contributed by atoms with E-state index in [1.165, 1.54) is 0 Å². The molecule has 0 aliphatic heterocycles. The normalized spacial score (nSPS) is 10.5. The zero-order valence-corrected chi connectivity index (χ0v) is 9.21. The van der Waals surface area contributed by atoms with Gasteiger partial charge in [-0.2, -0.15) is 0 Å². The summed E-state index contributed by atoms with van der Waals surface area (Å²) in [6.07, 6.45) is 0.875. The Morgan fingerprint density at radius 2 is 2.07 bits per heavy atom. The Morgan fingerprint density at radius 3 is 2.73 bits per heavy atom. The van der Waals surface area contributed by atoms with Gasteiger partial charge in [0.25, 0.3) is 0 Å². The lowest BCUT2D eigenvalue weighted by Crippen LogP contribution is -1.88. The van der Waals surface area contributed by atoms with Crippen LogP contribution in [0.5, 0.6) is 0 Å². The van der Waals surface area contributed by atoms with Crippen molar-refractivity contribution in [1.82, 2.24) is 0 Å². The van der Waals surface area contributed by atoms with Crippen molar-refractivity contribution in [3.8, 4) is 11.3 Å². The summed E-state index contributed by atoms with van der Waals surface area (Å²) in [4.78, 5) is 0. The molecule has 0 atom stereocenters. The molecule has 15 heavy (non-hydrogen) atoms. The van der Waals surface area contributed by atoms with Crippen LogP contribution in [0.2, 0.25) is 5.02 Å². The van der Waals surface area contributed by atoms with Crippen molar-refractivity contribution in [2.45, 2.75) is 13.3 Å². The van der Waals surface area contributed by atoms with E-state index in [0.29, 0.717) is 10.7 Å². The van der Waals surface area contributed by atoms with Gasteiger partial charge in [0.2, 0.25) is 0 Å². The number of hydrogen-bond donors (Lipinski definition) is 1. The van der Waals surface area contributed by atoms with Gasteiger partial charge in [-0.3, -0.25) is 0 Å². The Bertz CT molecular complexity index is 476. The molecule has 0 aliphatic carbocycles. The van der Waals surface area contributed by atoms with Crippen molar-refractivity contribution in [3.63, 3.8) is 0 Å². The molecule has 2 N–H and O–H groups in total. The molecule has 0 spiro atoms. The standard InChI is InChI=1S/C12H12ClNO/c1-2-9-4-6-12(15-9)10-7-8(13)3-5-11(10)14/h3-7H,2,14H2,1H3. The second-order valence-electron chi connectivity index (χ2n) is 3.35. The summed E-state index contributed by atoms with van der Waals surface area (Å²) in [5.74, 6) is 1.72. The third-order valence-corrected chi connectivity index (χ3v) is 2.53. The molecule has 0 saturated carbocycles. The van der Waals surface area contributed by atoms with Crippen molar-refractivity contribution in [1.29, 1.82) is 0 Å². The Labute approximate surface area is 93.7 Å². The maximum absolute atomic E-state index is 5.91. The van der Waals surface area contributed by atoms with Gasteiger partial charge < -0.3 is 10.2 Å². The number of rotatable bonds is 2. The topological polar surface area (TPSA) is 39.2 Å². The lowest BCUT2D eigenvalue weighted by atomic mass is 10.1. The number of nitrogens with two attached hydrogens (primary N) is 1. The highest BCUT2D eigenvalue weighted by molar-refractivity contribution is 6.31. The molecule has 78 valence electrons. The lowest BCUT2D eigenvalue weighted by Gasteiger charge is -2.02. The van der Waals surface area contributed by atoms with Crippen LogP contribution in [0.15, 0.2) is 34.7 Å². The molecule has 0 aliphatic rings. The fourth-order valence-electron chi connectivity index (χ4n) is 1.45. The summed E-state index contributed by atoms with van der Waals surface area (Å²) in [6, 6.07) is 9.24. The van der Waals surface area contributed by atoms with Gasteiger partial charge in [0, 0.05) is 22.7 Å². The number of nitrogen functional groups attached to an aromatic ring is 1. The van der Waals surface area contributed by atoms with Gasteiger partial charge in [0.1, 0.15) is 11.5 Å². The van der Waals surface area contributed by atoms with Crippen molar-refractivity contribution >= 4 is 17.3 Å². The molecular formula is C12H12ClNO. The van der Waals surface area contributed by atoms with Gasteiger partial charge in [-0.1, -0.05) is 18.5 Å². The summed E-state index contributed by atoms with van der Waals surface area (Å²) in [5.41, 5.74) is 7.38. The van der Waals surface area contributed by atoms with Gasteiger partial charge in [0.15, 0.2) is 0 Å². The van der Waals surface area contributed by atoms with Crippen molar-refractivity contribution in [2.75, 3.05) is 5.73 Å². The first-order chi connectivity index (χ1) is 7.20. The van der Waals surface area contributed by atoms with E-state index in [1.807, 2.05) is 25.1 Å². The molecule has 1 aromatic heterocycles. The van der Waals surface area contributed by atoms with Gasteiger partial charge in [0.05, 0.1) is 0 Å².